The summed E-state index contributed by atoms with van der Waals surface area (Å²) in [6.45, 7) is -0.455. The molecule has 0 spiro atoms. The van der Waals surface area contributed by atoms with Crippen LogP contribution in [-0.2, 0) is 18.3 Å². The van der Waals surface area contributed by atoms with Crippen LogP contribution in [0.25, 0.3) is 0 Å². The molecular formula is C9H13F3N4O2. The van der Waals surface area contributed by atoms with Gasteiger partial charge in [0.15, 0.2) is 5.92 Å². The molecule has 0 saturated heterocycles. The molecule has 1 unspecified atom stereocenters. The predicted molar refractivity (Wildman–Crippen MR) is 54.8 cm³/mol. The van der Waals surface area contributed by atoms with Crippen LogP contribution in [0.2, 0.25) is 0 Å². The van der Waals surface area contributed by atoms with Gasteiger partial charge in [0.05, 0.1) is 0 Å². The van der Waals surface area contributed by atoms with Crippen LogP contribution in [0.4, 0.5) is 13.2 Å². The summed E-state index contributed by atoms with van der Waals surface area (Å²) in [5.74, 6) is -3.66. The van der Waals surface area contributed by atoms with E-state index in [-0.39, 0.29) is 6.54 Å². The highest BCUT2D eigenvalue weighted by molar-refractivity contribution is 5.71. The third-order valence-electron chi connectivity index (χ3n) is 2.37. The first-order valence-corrected chi connectivity index (χ1v) is 5.15. The lowest BCUT2D eigenvalue weighted by atomic mass is 10.1. The van der Waals surface area contributed by atoms with Gasteiger partial charge in [-0.3, -0.25) is 4.79 Å². The number of rotatable bonds is 6. The Kier molecular flexibility index (Phi) is 4.65. The van der Waals surface area contributed by atoms with Crippen molar-refractivity contribution in [2.45, 2.75) is 12.6 Å². The van der Waals surface area contributed by atoms with Crippen molar-refractivity contribution in [1.82, 2.24) is 20.1 Å². The molecule has 6 nitrogen and oxygen atoms in total. The number of aromatic nitrogens is 3. The van der Waals surface area contributed by atoms with Gasteiger partial charge in [-0.2, -0.15) is 13.2 Å². The number of hydrogen-bond acceptors (Lipinski definition) is 4. The first-order chi connectivity index (χ1) is 8.32. The summed E-state index contributed by atoms with van der Waals surface area (Å²) in [5, 5.41) is 18.3. The molecule has 0 fully saturated rings. The second-order valence-corrected chi connectivity index (χ2v) is 3.74. The van der Waals surface area contributed by atoms with Crippen molar-refractivity contribution in [3.63, 3.8) is 0 Å². The molecule has 1 atom stereocenters. The minimum atomic E-state index is -4.75. The normalized spacial score (nSPS) is 13.6. The van der Waals surface area contributed by atoms with Crippen molar-refractivity contribution in [3.8, 4) is 0 Å². The molecular weight excluding hydrogens is 253 g/mol. The Labute approximate surface area is 101 Å². The number of nitrogens with one attached hydrogen (secondary N) is 1. The third kappa shape index (κ3) is 3.99. The molecule has 0 radical (unpaired) electrons. The van der Waals surface area contributed by atoms with E-state index in [1.807, 2.05) is 0 Å². The van der Waals surface area contributed by atoms with E-state index in [9.17, 15) is 18.0 Å². The van der Waals surface area contributed by atoms with Crippen LogP contribution in [0, 0.1) is 5.92 Å². The number of aryl methyl sites for hydroxylation is 1. The van der Waals surface area contributed by atoms with Crippen molar-refractivity contribution in [1.29, 1.82) is 0 Å². The molecule has 0 saturated carbocycles. The molecule has 102 valence electrons. The molecule has 18 heavy (non-hydrogen) atoms. The number of nitrogens with zero attached hydrogens (tertiary/aromatic N) is 3. The van der Waals surface area contributed by atoms with Crippen LogP contribution >= 0.6 is 0 Å². The van der Waals surface area contributed by atoms with Crippen LogP contribution in [0.5, 0.6) is 0 Å². The molecule has 9 heteroatoms. The minimum absolute atomic E-state index is 0.201. The zero-order valence-corrected chi connectivity index (χ0v) is 9.61. The van der Waals surface area contributed by atoms with Crippen molar-refractivity contribution >= 4 is 5.97 Å². The average Bonchev–Trinajstić information content (AvgIpc) is 2.61. The Balaban J connectivity index is 2.36. The van der Waals surface area contributed by atoms with Crippen LogP contribution in [0.15, 0.2) is 6.33 Å². The van der Waals surface area contributed by atoms with Crippen LogP contribution in [0.1, 0.15) is 5.82 Å². The third-order valence-corrected chi connectivity index (χ3v) is 2.37. The first kappa shape index (κ1) is 14.4. The lowest BCUT2D eigenvalue weighted by molar-refractivity contribution is -0.192. The van der Waals surface area contributed by atoms with E-state index in [1.54, 1.807) is 11.6 Å². The molecule has 0 aliphatic carbocycles. The SMILES string of the molecule is Cn1cnnc1CCNCC(C(=O)O)C(F)(F)F. The summed E-state index contributed by atoms with van der Waals surface area (Å²) < 4.78 is 38.5. The summed E-state index contributed by atoms with van der Waals surface area (Å²) in [7, 11) is 1.71. The number of carbonyl (C=O) groups is 1. The number of carboxylic acid groups (broad SMARTS) is 1. The Morgan fingerprint density at radius 3 is 2.72 bits per heavy atom. The van der Waals surface area contributed by atoms with E-state index >= 15 is 0 Å². The van der Waals surface area contributed by atoms with Gasteiger partial charge in [-0.05, 0) is 0 Å². The van der Waals surface area contributed by atoms with Gasteiger partial charge in [-0.25, -0.2) is 0 Å². The zero-order valence-electron chi connectivity index (χ0n) is 9.61. The van der Waals surface area contributed by atoms with Gasteiger partial charge >= 0.3 is 12.1 Å². The van der Waals surface area contributed by atoms with E-state index in [1.165, 1.54) is 6.33 Å². The fraction of sp³-hybridized carbons (Fsp3) is 0.667. The maximum absolute atomic E-state index is 12.3. The van der Waals surface area contributed by atoms with Crippen molar-refractivity contribution in [3.05, 3.63) is 12.2 Å². The van der Waals surface area contributed by atoms with Gasteiger partial charge in [0.25, 0.3) is 0 Å². The van der Waals surface area contributed by atoms with E-state index < -0.39 is 24.6 Å². The van der Waals surface area contributed by atoms with Gasteiger partial charge in [-0.15, -0.1) is 10.2 Å². The van der Waals surface area contributed by atoms with E-state index in [0.717, 1.165) is 0 Å². The number of hydrogen-bond donors (Lipinski definition) is 2. The lowest BCUT2D eigenvalue weighted by Crippen LogP contribution is -2.39. The summed E-state index contributed by atoms with van der Waals surface area (Å²) >= 11 is 0. The smallest absolute Gasteiger partial charge is 0.403 e. The number of carboxylic acids is 1. The van der Waals surface area contributed by atoms with Gasteiger partial charge in [0.2, 0.25) is 0 Å². The summed E-state index contributed by atoms with van der Waals surface area (Å²) in [6.07, 6.45) is -2.89. The van der Waals surface area contributed by atoms with E-state index in [0.29, 0.717) is 12.2 Å². The molecule has 0 aliphatic rings. The Hall–Kier alpha value is -1.64. The van der Waals surface area contributed by atoms with Gasteiger partial charge < -0.3 is 15.0 Å². The maximum atomic E-state index is 12.3. The van der Waals surface area contributed by atoms with E-state index in [2.05, 4.69) is 15.5 Å². The molecule has 0 aliphatic heterocycles. The number of aliphatic carboxylic acids is 1. The fourth-order valence-electron chi connectivity index (χ4n) is 1.32. The minimum Gasteiger partial charge on any atom is -0.481 e. The molecule has 1 rings (SSSR count). The monoisotopic (exact) mass is 266 g/mol. The first-order valence-electron chi connectivity index (χ1n) is 5.15. The van der Waals surface area contributed by atoms with E-state index in [4.69, 9.17) is 5.11 Å². The Morgan fingerprint density at radius 2 is 2.28 bits per heavy atom. The van der Waals surface area contributed by atoms with Crippen molar-refractivity contribution < 1.29 is 23.1 Å². The topological polar surface area (TPSA) is 80.0 Å². The highest BCUT2D eigenvalue weighted by atomic mass is 19.4. The quantitative estimate of drug-likeness (QED) is 0.719. The number of alkyl halides is 3. The van der Waals surface area contributed by atoms with Crippen LogP contribution in [-0.4, -0.2) is 45.1 Å². The summed E-state index contributed by atoms with van der Waals surface area (Å²) in [4.78, 5) is 10.4. The Bertz CT molecular complexity index is 405. The molecule has 2 N–H and O–H groups in total. The second kappa shape index (κ2) is 5.80. The van der Waals surface area contributed by atoms with Crippen molar-refractivity contribution in [2.24, 2.45) is 13.0 Å². The standard InChI is InChI=1S/C9H13F3N4O2/c1-16-5-14-15-7(16)2-3-13-4-6(8(17)18)9(10,11)12/h5-6,13H,2-4H2,1H3,(H,17,18). The van der Waals surface area contributed by atoms with Gasteiger partial charge in [0, 0.05) is 26.6 Å². The van der Waals surface area contributed by atoms with Crippen LogP contribution in [0.3, 0.4) is 0 Å². The summed E-state index contributed by atoms with van der Waals surface area (Å²) in [6, 6.07) is 0. The molecule has 1 heterocycles. The maximum Gasteiger partial charge on any atom is 0.403 e. The highest BCUT2D eigenvalue weighted by Gasteiger charge is 2.44. The molecule has 0 bridgehead atoms. The molecule has 1 aromatic heterocycles. The number of halogens is 3. The largest absolute Gasteiger partial charge is 0.481 e. The fourth-order valence-corrected chi connectivity index (χ4v) is 1.32. The lowest BCUT2D eigenvalue weighted by Gasteiger charge is -2.16. The zero-order chi connectivity index (χ0) is 13.8. The van der Waals surface area contributed by atoms with Gasteiger partial charge in [0.1, 0.15) is 12.2 Å². The van der Waals surface area contributed by atoms with Crippen molar-refractivity contribution in [2.75, 3.05) is 13.1 Å². The molecule has 0 aromatic carbocycles. The highest BCUT2D eigenvalue weighted by Crippen LogP contribution is 2.25. The molecule has 1 aromatic rings. The summed E-state index contributed by atoms with van der Waals surface area (Å²) in [5.41, 5.74) is 0. The average molecular weight is 266 g/mol. The van der Waals surface area contributed by atoms with Crippen LogP contribution < -0.4 is 5.32 Å². The predicted octanol–water partition coefficient (Wildman–Crippen LogP) is 0.210. The second-order valence-electron chi connectivity index (χ2n) is 3.74. The van der Waals surface area contributed by atoms with Gasteiger partial charge in [-0.1, -0.05) is 0 Å². The Morgan fingerprint density at radius 1 is 1.61 bits per heavy atom. The molecule has 0 amide bonds.